The van der Waals surface area contributed by atoms with E-state index in [2.05, 4.69) is 5.32 Å². The van der Waals surface area contributed by atoms with Crippen molar-refractivity contribution in [2.24, 2.45) is 0 Å². The van der Waals surface area contributed by atoms with Crippen molar-refractivity contribution in [3.8, 4) is 0 Å². The lowest BCUT2D eigenvalue weighted by Crippen LogP contribution is -2.56. The molecule has 2 amide bonds. The number of benzene rings is 3. The molecule has 0 aliphatic carbocycles. The quantitative estimate of drug-likeness (QED) is 0.400. The highest BCUT2D eigenvalue weighted by Gasteiger charge is 2.34. The van der Waals surface area contributed by atoms with Gasteiger partial charge in [-0.05, 0) is 69.0 Å². The molecule has 8 heteroatoms. The summed E-state index contributed by atoms with van der Waals surface area (Å²) in [6, 6.07) is 23.5. The molecule has 208 valence electrons. The van der Waals surface area contributed by atoms with E-state index < -0.39 is 34.1 Å². The minimum atomic E-state index is -3.80. The van der Waals surface area contributed by atoms with Gasteiger partial charge in [0.25, 0.3) is 0 Å². The second kappa shape index (κ2) is 12.5. The van der Waals surface area contributed by atoms with Crippen LogP contribution in [0.5, 0.6) is 0 Å². The maximum atomic E-state index is 14.1. The molecular weight excluding hydrogens is 510 g/mol. The van der Waals surface area contributed by atoms with Crippen LogP contribution in [0.25, 0.3) is 0 Å². The van der Waals surface area contributed by atoms with Crippen LogP contribution in [0.1, 0.15) is 43.0 Å². The monoisotopic (exact) mass is 549 g/mol. The number of nitrogens with one attached hydrogen (secondary N) is 1. The first kappa shape index (κ1) is 29.9. The van der Waals surface area contributed by atoms with Crippen molar-refractivity contribution >= 4 is 27.5 Å². The maximum Gasteiger partial charge on any atom is 0.244 e. The molecule has 0 saturated heterocycles. The molecule has 0 bridgehead atoms. The first-order chi connectivity index (χ1) is 18.2. The number of nitrogens with zero attached hydrogens (tertiary/aromatic N) is 2. The fourth-order valence-electron chi connectivity index (χ4n) is 4.50. The van der Waals surface area contributed by atoms with Gasteiger partial charge in [-0.25, -0.2) is 8.42 Å². The van der Waals surface area contributed by atoms with E-state index in [1.807, 2.05) is 101 Å². The SMILES string of the molecule is Cc1cc(C)cc(N(CC(=O)N(Cc2ccccc2)[C@H](Cc2ccccc2)C(=O)NC(C)(C)C)S(C)(=O)=O)c1. The number of aryl methyl sites for hydroxylation is 2. The number of anilines is 1. The molecule has 0 spiro atoms. The number of carbonyl (C=O) groups excluding carboxylic acids is 2. The van der Waals surface area contributed by atoms with E-state index in [4.69, 9.17) is 0 Å². The van der Waals surface area contributed by atoms with Crippen LogP contribution in [-0.4, -0.2) is 49.5 Å². The van der Waals surface area contributed by atoms with Crippen LogP contribution < -0.4 is 9.62 Å². The third-order valence-corrected chi connectivity index (χ3v) is 7.28. The number of sulfonamides is 1. The van der Waals surface area contributed by atoms with Crippen LogP contribution in [-0.2, 0) is 32.6 Å². The lowest BCUT2D eigenvalue weighted by atomic mass is 10.0. The zero-order chi connectivity index (χ0) is 28.8. The Kier molecular flexibility index (Phi) is 9.56. The maximum absolute atomic E-state index is 14.1. The van der Waals surface area contributed by atoms with Gasteiger partial charge in [0, 0.05) is 18.5 Å². The van der Waals surface area contributed by atoms with Crippen molar-refractivity contribution in [1.29, 1.82) is 0 Å². The molecule has 1 N–H and O–H groups in total. The summed E-state index contributed by atoms with van der Waals surface area (Å²) in [5.74, 6) is -0.763. The van der Waals surface area contributed by atoms with Crippen molar-refractivity contribution in [1.82, 2.24) is 10.2 Å². The Morgan fingerprint density at radius 3 is 1.85 bits per heavy atom. The zero-order valence-corrected chi connectivity index (χ0v) is 24.5. The van der Waals surface area contributed by atoms with Crippen LogP contribution in [0, 0.1) is 13.8 Å². The second-order valence-corrected chi connectivity index (χ2v) is 13.0. The molecule has 0 heterocycles. The van der Waals surface area contributed by atoms with Crippen molar-refractivity contribution < 1.29 is 18.0 Å². The summed E-state index contributed by atoms with van der Waals surface area (Å²) < 4.78 is 27.0. The molecule has 1 atom stereocenters. The molecule has 7 nitrogen and oxygen atoms in total. The highest BCUT2D eigenvalue weighted by atomic mass is 32.2. The molecule has 0 aliphatic rings. The standard InChI is InChI=1S/C31H39N3O4S/c1-23-17-24(2)19-27(18-23)34(39(6,37)38)22-29(35)33(21-26-15-11-8-12-16-26)28(30(36)32-31(3,4)5)20-25-13-9-7-10-14-25/h7-19,28H,20-22H2,1-6H3,(H,32,36)/t28-/m1/s1. The number of amides is 2. The molecule has 0 fully saturated rings. The van der Waals surface area contributed by atoms with Crippen LogP contribution in [0.2, 0.25) is 0 Å². The average molecular weight is 550 g/mol. The second-order valence-electron chi connectivity index (χ2n) is 11.1. The Hall–Kier alpha value is -3.65. The third-order valence-electron chi connectivity index (χ3n) is 6.14. The Bertz CT molecular complexity index is 1360. The molecule has 0 radical (unpaired) electrons. The molecule has 0 aliphatic heterocycles. The van der Waals surface area contributed by atoms with Gasteiger partial charge in [0.15, 0.2) is 0 Å². The van der Waals surface area contributed by atoms with E-state index >= 15 is 0 Å². The third kappa shape index (κ3) is 8.96. The van der Waals surface area contributed by atoms with Crippen LogP contribution >= 0.6 is 0 Å². The van der Waals surface area contributed by atoms with Crippen molar-refractivity contribution in [2.75, 3.05) is 17.1 Å². The zero-order valence-electron chi connectivity index (χ0n) is 23.6. The lowest BCUT2D eigenvalue weighted by molar-refractivity contribution is -0.140. The molecule has 0 unspecified atom stereocenters. The first-order valence-corrected chi connectivity index (χ1v) is 14.8. The molecule has 39 heavy (non-hydrogen) atoms. The Morgan fingerprint density at radius 2 is 1.36 bits per heavy atom. The minimum Gasteiger partial charge on any atom is -0.350 e. The Morgan fingerprint density at radius 1 is 0.846 bits per heavy atom. The van der Waals surface area contributed by atoms with E-state index in [1.54, 1.807) is 12.1 Å². The summed E-state index contributed by atoms with van der Waals surface area (Å²) in [5, 5.41) is 3.03. The van der Waals surface area contributed by atoms with E-state index in [9.17, 15) is 18.0 Å². The molecule has 0 saturated carbocycles. The largest absolute Gasteiger partial charge is 0.350 e. The van der Waals surface area contributed by atoms with Gasteiger partial charge >= 0.3 is 0 Å². The molecular formula is C31H39N3O4S. The average Bonchev–Trinajstić information content (AvgIpc) is 2.83. The van der Waals surface area contributed by atoms with E-state index in [-0.39, 0.29) is 18.9 Å². The fraction of sp³-hybridized carbons (Fsp3) is 0.355. The number of hydrogen-bond donors (Lipinski definition) is 1. The summed E-state index contributed by atoms with van der Waals surface area (Å²) in [7, 11) is -3.80. The van der Waals surface area contributed by atoms with Crippen LogP contribution in [0.3, 0.4) is 0 Å². The van der Waals surface area contributed by atoms with Gasteiger partial charge in [0.05, 0.1) is 11.9 Å². The van der Waals surface area contributed by atoms with E-state index in [0.29, 0.717) is 5.69 Å². The van der Waals surface area contributed by atoms with Crippen molar-refractivity contribution in [3.05, 3.63) is 101 Å². The topological polar surface area (TPSA) is 86.8 Å². The van der Waals surface area contributed by atoms with Gasteiger partial charge in [0.1, 0.15) is 12.6 Å². The van der Waals surface area contributed by atoms with Gasteiger partial charge < -0.3 is 10.2 Å². The minimum absolute atomic E-state index is 0.152. The Labute approximate surface area is 232 Å². The molecule has 3 rings (SSSR count). The van der Waals surface area contributed by atoms with Gasteiger partial charge in [-0.15, -0.1) is 0 Å². The van der Waals surface area contributed by atoms with Crippen molar-refractivity contribution in [2.45, 2.75) is 59.2 Å². The lowest BCUT2D eigenvalue weighted by Gasteiger charge is -2.35. The predicted molar refractivity (Wildman–Crippen MR) is 157 cm³/mol. The molecule has 3 aromatic carbocycles. The Balaban J connectivity index is 2.07. The summed E-state index contributed by atoms with van der Waals surface area (Å²) in [6.45, 7) is 9.15. The number of carbonyl (C=O) groups is 2. The predicted octanol–water partition coefficient (Wildman–Crippen LogP) is 4.62. The van der Waals surface area contributed by atoms with Gasteiger partial charge in [0.2, 0.25) is 21.8 Å². The normalized spacial score (nSPS) is 12.5. The van der Waals surface area contributed by atoms with Gasteiger partial charge in [-0.1, -0.05) is 66.7 Å². The first-order valence-electron chi connectivity index (χ1n) is 13.0. The van der Waals surface area contributed by atoms with Crippen LogP contribution in [0.4, 0.5) is 5.69 Å². The summed E-state index contributed by atoms with van der Waals surface area (Å²) in [5.41, 5.74) is 3.40. The summed E-state index contributed by atoms with van der Waals surface area (Å²) in [6.07, 6.45) is 1.37. The number of hydrogen-bond acceptors (Lipinski definition) is 4. The highest BCUT2D eigenvalue weighted by Crippen LogP contribution is 2.23. The molecule has 0 aromatic heterocycles. The number of rotatable bonds is 10. The fourth-order valence-corrected chi connectivity index (χ4v) is 5.33. The van der Waals surface area contributed by atoms with E-state index in [1.165, 1.54) is 4.90 Å². The molecule has 3 aromatic rings. The summed E-state index contributed by atoms with van der Waals surface area (Å²) >= 11 is 0. The van der Waals surface area contributed by atoms with Gasteiger partial charge in [-0.3, -0.25) is 13.9 Å². The van der Waals surface area contributed by atoms with E-state index in [0.717, 1.165) is 32.8 Å². The highest BCUT2D eigenvalue weighted by molar-refractivity contribution is 7.92. The van der Waals surface area contributed by atoms with Gasteiger partial charge in [-0.2, -0.15) is 0 Å². The van der Waals surface area contributed by atoms with Crippen LogP contribution in [0.15, 0.2) is 78.9 Å². The van der Waals surface area contributed by atoms with Crippen molar-refractivity contribution in [3.63, 3.8) is 0 Å². The summed E-state index contributed by atoms with van der Waals surface area (Å²) in [4.78, 5) is 29.3. The smallest absolute Gasteiger partial charge is 0.244 e.